The third kappa shape index (κ3) is 3.50. The Labute approximate surface area is 199 Å². The zero-order valence-corrected chi connectivity index (χ0v) is 19.7. The van der Waals surface area contributed by atoms with E-state index in [9.17, 15) is 14.4 Å². The summed E-state index contributed by atoms with van der Waals surface area (Å²) >= 11 is 0. The summed E-state index contributed by atoms with van der Waals surface area (Å²) in [7, 11) is 6.00. The Hall–Kier alpha value is -4.60. The fraction of sp³-hybridized carbons (Fsp3) is 0.200. The minimum absolute atomic E-state index is 0.161. The second-order valence-corrected chi connectivity index (χ2v) is 8.16. The molecule has 0 bridgehead atoms. The fourth-order valence-corrected chi connectivity index (χ4v) is 4.19. The molecular weight excluding hydrogens is 450 g/mol. The van der Waals surface area contributed by atoms with Crippen molar-refractivity contribution in [2.24, 2.45) is 14.1 Å². The van der Waals surface area contributed by atoms with E-state index in [4.69, 9.17) is 14.5 Å². The lowest BCUT2D eigenvalue weighted by Gasteiger charge is -2.11. The van der Waals surface area contributed by atoms with Gasteiger partial charge in [-0.2, -0.15) is 4.98 Å². The van der Waals surface area contributed by atoms with Crippen LogP contribution >= 0.6 is 0 Å². The van der Waals surface area contributed by atoms with Crippen LogP contribution in [0.3, 0.4) is 0 Å². The molecule has 0 unspecified atom stereocenters. The van der Waals surface area contributed by atoms with Gasteiger partial charge in [-0.3, -0.25) is 27.7 Å². The third-order valence-corrected chi connectivity index (χ3v) is 6.12. The van der Waals surface area contributed by atoms with E-state index < -0.39 is 11.2 Å². The molecule has 3 heterocycles. The van der Waals surface area contributed by atoms with Crippen LogP contribution in [-0.4, -0.2) is 43.3 Å². The summed E-state index contributed by atoms with van der Waals surface area (Å²) < 4.78 is 16.1. The van der Waals surface area contributed by atoms with E-state index in [2.05, 4.69) is 0 Å². The van der Waals surface area contributed by atoms with Crippen LogP contribution in [0.2, 0.25) is 0 Å². The van der Waals surface area contributed by atoms with Gasteiger partial charge in [0, 0.05) is 31.5 Å². The van der Waals surface area contributed by atoms with Crippen molar-refractivity contribution < 1.29 is 14.3 Å². The molecule has 0 spiro atoms. The first-order valence-corrected chi connectivity index (χ1v) is 10.8. The topological polar surface area (TPSA) is 102 Å². The summed E-state index contributed by atoms with van der Waals surface area (Å²) in [5, 5.41) is 0. The number of nitrogens with zero attached hydrogens (tertiary/aromatic N) is 5. The van der Waals surface area contributed by atoms with Crippen molar-refractivity contribution in [3.05, 3.63) is 81.1 Å². The standard InChI is InChI=1S/C25H23N5O5/c1-27-22-21(23(32)28(2)25(27)33)29-14-19(16-7-11-18(34-3)12-8-16)30(24(29)26-22)17-9-5-15(6-10-17)13-20(31)35-4/h5-12,14H,13H2,1-4H3. The number of fused-ring (bicyclic) bond motifs is 3. The van der Waals surface area contributed by atoms with Crippen LogP contribution in [0.15, 0.2) is 64.3 Å². The average Bonchev–Trinajstić information content (AvgIpc) is 3.43. The zero-order chi connectivity index (χ0) is 24.9. The second-order valence-electron chi connectivity index (χ2n) is 8.16. The number of hydrogen-bond donors (Lipinski definition) is 0. The first-order valence-electron chi connectivity index (χ1n) is 10.8. The average molecular weight is 473 g/mol. The fourth-order valence-electron chi connectivity index (χ4n) is 4.19. The number of ether oxygens (including phenoxy) is 2. The van der Waals surface area contributed by atoms with Crippen molar-refractivity contribution >= 4 is 22.9 Å². The van der Waals surface area contributed by atoms with Gasteiger partial charge in [-0.1, -0.05) is 12.1 Å². The highest BCUT2D eigenvalue weighted by Crippen LogP contribution is 2.30. The van der Waals surface area contributed by atoms with E-state index in [1.807, 2.05) is 59.3 Å². The van der Waals surface area contributed by atoms with Crippen molar-refractivity contribution in [3.8, 4) is 22.7 Å². The van der Waals surface area contributed by atoms with Crippen molar-refractivity contribution in [2.75, 3.05) is 14.2 Å². The van der Waals surface area contributed by atoms with Gasteiger partial charge in [0.15, 0.2) is 11.2 Å². The number of esters is 1. The first-order chi connectivity index (χ1) is 16.8. The lowest BCUT2D eigenvalue weighted by atomic mass is 10.1. The summed E-state index contributed by atoms with van der Waals surface area (Å²) in [4.78, 5) is 41.9. The van der Waals surface area contributed by atoms with Gasteiger partial charge in [0.2, 0.25) is 5.78 Å². The van der Waals surface area contributed by atoms with Crippen molar-refractivity contribution in [2.45, 2.75) is 6.42 Å². The van der Waals surface area contributed by atoms with Crippen LogP contribution in [0.4, 0.5) is 0 Å². The van der Waals surface area contributed by atoms with E-state index in [1.54, 1.807) is 18.6 Å². The summed E-state index contributed by atoms with van der Waals surface area (Å²) in [6.07, 6.45) is 2.00. The predicted octanol–water partition coefficient (Wildman–Crippen LogP) is 2.07. The number of methoxy groups -OCH3 is 2. The number of carbonyl (C=O) groups is 1. The molecule has 5 aromatic rings. The van der Waals surface area contributed by atoms with Gasteiger partial charge in [0.25, 0.3) is 5.56 Å². The van der Waals surface area contributed by atoms with Crippen LogP contribution in [0, 0.1) is 0 Å². The molecule has 0 amide bonds. The molecule has 10 nitrogen and oxygen atoms in total. The Morgan fingerprint density at radius 2 is 1.63 bits per heavy atom. The number of carbonyl (C=O) groups excluding carboxylic acids is 1. The van der Waals surface area contributed by atoms with Crippen LogP contribution in [0.25, 0.3) is 33.9 Å². The Bertz CT molecular complexity index is 1700. The predicted molar refractivity (Wildman–Crippen MR) is 130 cm³/mol. The maximum Gasteiger partial charge on any atom is 0.332 e. The van der Waals surface area contributed by atoms with Gasteiger partial charge in [-0.05, 0) is 42.0 Å². The molecule has 5 rings (SSSR count). The molecule has 3 aromatic heterocycles. The minimum Gasteiger partial charge on any atom is -0.497 e. The van der Waals surface area contributed by atoms with Crippen molar-refractivity contribution in [1.29, 1.82) is 0 Å². The van der Waals surface area contributed by atoms with Gasteiger partial charge < -0.3 is 9.47 Å². The molecule has 0 aliphatic carbocycles. The third-order valence-electron chi connectivity index (χ3n) is 6.12. The van der Waals surface area contributed by atoms with Crippen LogP contribution in [0.1, 0.15) is 5.56 Å². The number of rotatable bonds is 5. The minimum atomic E-state index is -0.447. The highest BCUT2D eigenvalue weighted by Gasteiger charge is 2.22. The number of aryl methyl sites for hydroxylation is 1. The number of imidazole rings is 2. The molecule has 0 fully saturated rings. The molecule has 0 aliphatic heterocycles. The van der Waals surface area contributed by atoms with E-state index in [0.29, 0.717) is 16.9 Å². The summed E-state index contributed by atoms with van der Waals surface area (Å²) in [6.45, 7) is 0. The summed E-state index contributed by atoms with van der Waals surface area (Å²) in [6, 6.07) is 15.0. The van der Waals surface area contributed by atoms with Crippen LogP contribution in [0.5, 0.6) is 5.75 Å². The molecule has 35 heavy (non-hydrogen) atoms. The molecule has 10 heteroatoms. The van der Waals surface area contributed by atoms with Crippen molar-refractivity contribution in [1.82, 2.24) is 23.1 Å². The molecule has 0 N–H and O–H groups in total. The second kappa shape index (κ2) is 8.32. The lowest BCUT2D eigenvalue weighted by Crippen LogP contribution is -2.37. The van der Waals surface area contributed by atoms with Gasteiger partial charge >= 0.3 is 11.7 Å². The molecule has 0 saturated carbocycles. The maximum absolute atomic E-state index is 13.0. The van der Waals surface area contributed by atoms with E-state index >= 15 is 0 Å². The smallest absolute Gasteiger partial charge is 0.332 e. The van der Waals surface area contributed by atoms with E-state index in [-0.39, 0.29) is 12.4 Å². The Balaban J connectivity index is 1.80. The molecule has 0 atom stereocenters. The molecular formula is C25H23N5O5. The molecule has 0 radical (unpaired) electrons. The molecule has 0 saturated heterocycles. The summed E-state index contributed by atoms with van der Waals surface area (Å²) in [5.41, 5.74) is 2.97. The monoisotopic (exact) mass is 473 g/mol. The zero-order valence-electron chi connectivity index (χ0n) is 19.7. The van der Waals surface area contributed by atoms with Crippen LogP contribution in [-0.2, 0) is 30.0 Å². The molecule has 2 aromatic carbocycles. The van der Waals surface area contributed by atoms with Gasteiger partial charge in [-0.15, -0.1) is 0 Å². The largest absolute Gasteiger partial charge is 0.497 e. The number of benzene rings is 2. The normalized spacial score (nSPS) is 11.3. The highest BCUT2D eigenvalue weighted by atomic mass is 16.5. The number of hydrogen-bond acceptors (Lipinski definition) is 6. The first kappa shape index (κ1) is 22.2. The van der Waals surface area contributed by atoms with Crippen molar-refractivity contribution in [3.63, 3.8) is 0 Å². The Kier molecular flexibility index (Phi) is 5.28. The van der Waals surface area contributed by atoms with Gasteiger partial charge in [0.05, 0.1) is 26.3 Å². The summed E-state index contributed by atoms with van der Waals surface area (Å²) in [5.74, 6) is 0.874. The maximum atomic E-state index is 13.0. The lowest BCUT2D eigenvalue weighted by molar-refractivity contribution is -0.139. The van der Waals surface area contributed by atoms with Gasteiger partial charge in [-0.25, -0.2) is 4.79 Å². The van der Waals surface area contributed by atoms with Gasteiger partial charge in [0.1, 0.15) is 5.75 Å². The Morgan fingerprint density at radius 3 is 2.26 bits per heavy atom. The molecule has 0 aliphatic rings. The number of aromatic nitrogens is 5. The Morgan fingerprint density at radius 1 is 0.943 bits per heavy atom. The van der Waals surface area contributed by atoms with E-state index in [0.717, 1.165) is 32.8 Å². The van der Waals surface area contributed by atoms with E-state index in [1.165, 1.54) is 18.7 Å². The van der Waals surface area contributed by atoms with Crippen LogP contribution < -0.4 is 16.0 Å². The highest BCUT2D eigenvalue weighted by molar-refractivity contribution is 5.79. The SMILES string of the molecule is COC(=O)Cc1ccc(-n2c(-c3ccc(OC)cc3)cn3c4c(=O)n(C)c(=O)n(C)c4nc23)cc1. The quantitative estimate of drug-likeness (QED) is 0.362. The molecule has 178 valence electrons.